The molecule has 0 aliphatic carbocycles. The van der Waals surface area contributed by atoms with E-state index in [1.54, 1.807) is 10.9 Å². The van der Waals surface area contributed by atoms with Gasteiger partial charge in [0.2, 0.25) is 5.82 Å². The Kier molecular flexibility index (Phi) is 4.64. The SMILES string of the molecule is CCNC(C)c1cnn(Cc2ccc([N+](=O)[O-])c(F)c2)c1. The molecule has 0 saturated carbocycles. The lowest BCUT2D eigenvalue weighted by Gasteiger charge is -2.08. The predicted octanol–water partition coefficient (Wildman–Crippen LogP) is 2.65. The zero-order valence-electron chi connectivity index (χ0n) is 11.9. The topological polar surface area (TPSA) is 73.0 Å². The first kappa shape index (κ1) is 15.1. The normalized spacial score (nSPS) is 12.3. The number of nitrogens with zero attached hydrogens (tertiary/aromatic N) is 3. The Labute approximate surface area is 121 Å². The first-order chi connectivity index (χ1) is 10.0. The third-order valence-electron chi connectivity index (χ3n) is 3.22. The molecule has 6 nitrogen and oxygen atoms in total. The predicted molar refractivity (Wildman–Crippen MR) is 76.5 cm³/mol. The number of benzene rings is 1. The van der Waals surface area contributed by atoms with Gasteiger partial charge in [-0.1, -0.05) is 13.0 Å². The van der Waals surface area contributed by atoms with Crippen LogP contribution in [0.2, 0.25) is 0 Å². The molecule has 0 spiro atoms. The molecule has 0 saturated heterocycles. The van der Waals surface area contributed by atoms with Crippen molar-refractivity contribution in [2.24, 2.45) is 0 Å². The van der Waals surface area contributed by atoms with Gasteiger partial charge in [-0.3, -0.25) is 14.8 Å². The van der Waals surface area contributed by atoms with Gasteiger partial charge in [0.15, 0.2) is 0 Å². The highest BCUT2D eigenvalue weighted by Gasteiger charge is 2.14. The molecule has 0 fully saturated rings. The second-order valence-electron chi connectivity index (χ2n) is 4.79. The first-order valence-electron chi connectivity index (χ1n) is 6.69. The molecule has 0 aliphatic rings. The van der Waals surface area contributed by atoms with Crippen molar-refractivity contribution in [3.05, 3.63) is 57.7 Å². The van der Waals surface area contributed by atoms with Crippen molar-refractivity contribution < 1.29 is 9.31 Å². The minimum atomic E-state index is -0.828. The number of hydrogen-bond acceptors (Lipinski definition) is 4. The zero-order chi connectivity index (χ0) is 15.4. The van der Waals surface area contributed by atoms with E-state index in [-0.39, 0.29) is 6.04 Å². The molecular formula is C14H17FN4O2. The van der Waals surface area contributed by atoms with Crippen LogP contribution in [0, 0.1) is 15.9 Å². The van der Waals surface area contributed by atoms with Gasteiger partial charge in [-0.2, -0.15) is 9.49 Å². The fourth-order valence-electron chi connectivity index (χ4n) is 2.10. The van der Waals surface area contributed by atoms with Gasteiger partial charge in [0.1, 0.15) is 0 Å². The van der Waals surface area contributed by atoms with Crippen LogP contribution in [-0.2, 0) is 6.54 Å². The molecule has 2 rings (SSSR count). The summed E-state index contributed by atoms with van der Waals surface area (Å²) in [6.07, 6.45) is 3.64. The number of nitrogens with one attached hydrogen (secondary N) is 1. The highest BCUT2D eigenvalue weighted by atomic mass is 19.1. The van der Waals surface area contributed by atoms with E-state index in [2.05, 4.69) is 10.4 Å². The lowest BCUT2D eigenvalue weighted by Crippen LogP contribution is -2.17. The molecule has 2 aromatic rings. The summed E-state index contributed by atoms with van der Waals surface area (Å²) in [6.45, 7) is 5.30. The second kappa shape index (κ2) is 6.45. The van der Waals surface area contributed by atoms with Crippen LogP contribution in [0.15, 0.2) is 30.6 Å². The van der Waals surface area contributed by atoms with Gasteiger partial charge in [0, 0.05) is 23.9 Å². The van der Waals surface area contributed by atoms with Crippen LogP contribution in [0.5, 0.6) is 0 Å². The summed E-state index contributed by atoms with van der Waals surface area (Å²) < 4.78 is 15.2. The lowest BCUT2D eigenvalue weighted by molar-refractivity contribution is -0.387. The quantitative estimate of drug-likeness (QED) is 0.656. The Morgan fingerprint density at radius 2 is 2.29 bits per heavy atom. The fourth-order valence-corrected chi connectivity index (χ4v) is 2.10. The van der Waals surface area contributed by atoms with Crippen LogP contribution in [0.4, 0.5) is 10.1 Å². The summed E-state index contributed by atoms with van der Waals surface area (Å²) in [4.78, 5) is 9.84. The van der Waals surface area contributed by atoms with Crippen LogP contribution in [-0.4, -0.2) is 21.2 Å². The largest absolute Gasteiger partial charge is 0.310 e. The Morgan fingerprint density at radius 3 is 2.90 bits per heavy atom. The van der Waals surface area contributed by atoms with Gasteiger partial charge >= 0.3 is 5.69 Å². The molecule has 1 unspecified atom stereocenters. The third-order valence-corrected chi connectivity index (χ3v) is 3.22. The molecule has 0 bridgehead atoms. The number of rotatable bonds is 6. The highest BCUT2D eigenvalue weighted by molar-refractivity contribution is 5.35. The molecular weight excluding hydrogens is 275 g/mol. The summed E-state index contributed by atoms with van der Waals surface area (Å²) in [5.74, 6) is -0.828. The minimum Gasteiger partial charge on any atom is -0.310 e. The third kappa shape index (κ3) is 3.63. The molecule has 1 atom stereocenters. The van der Waals surface area contributed by atoms with Gasteiger partial charge in [-0.15, -0.1) is 0 Å². The highest BCUT2D eigenvalue weighted by Crippen LogP contribution is 2.19. The Bertz CT molecular complexity index is 642. The van der Waals surface area contributed by atoms with Crippen LogP contribution >= 0.6 is 0 Å². The van der Waals surface area contributed by atoms with Crippen molar-refractivity contribution in [1.82, 2.24) is 15.1 Å². The van der Waals surface area contributed by atoms with Crippen LogP contribution in [0.1, 0.15) is 31.0 Å². The Hall–Kier alpha value is -2.28. The van der Waals surface area contributed by atoms with Crippen LogP contribution < -0.4 is 5.32 Å². The summed E-state index contributed by atoms with van der Waals surface area (Å²) in [5, 5.41) is 18.1. The van der Waals surface area contributed by atoms with E-state index in [0.29, 0.717) is 12.1 Å². The summed E-state index contributed by atoms with van der Waals surface area (Å²) in [7, 11) is 0. The van der Waals surface area contributed by atoms with E-state index in [1.165, 1.54) is 18.2 Å². The molecule has 1 heterocycles. The monoisotopic (exact) mass is 292 g/mol. The number of hydrogen-bond donors (Lipinski definition) is 1. The van der Waals surface area contributed by atoms with Crippen molar-refractivity contribution >= 4 is 5.69 Å². The standard InChI is InChI=1S/C14H17FN4O2/c1-3-16-10(2)12-7-17-18(9-12)8-11-4-5-14(19(20)21)13(15)6-11/h4-7,9-10,16H,3,8H2,1-2H3. The van der Waals surface area contributed by atoms with E-state index in [1.807, 2.05) is 20.0 Å². The number of halogens is 1. The molecule has 1 aromatic heterocycles. The van der Waals surface area contributed by atoms with Gasteiger partial charge < -0.3 is 5.32 Å². The molecule has 1 N–H and O–H groups in total. The molecule has 0 amide bonds. The maximum absolute atomic E-state index is 13.6. The zero-order valence-corrected chi connectivity index (χ0v) is 11.9. The van der Waals surface area contributed by atoms with Crippen molar-refractivity contribution in [2.75, 3.05) is 6.54 Å². The minimum absolute atomic E-state index is 0.192. The van der Waals surface area contributed by atoms with Crippen molar-refractivity contribution in [3.8, 4) is 0 Å². The first-order valence-corrected chi connectivity index (χ1v) is 6.69. The average molecular weight is 292 g/mol. The van der Waals surface area contributed by atoms with Gasteiger partial charge in [-0.05, 0) is 25.1 Å². The number of nitro benzene ring substituents is 1. The van der Waals surface area contributed by atoms with E-state index in [0.717, 1.165) is 12.1 Å². The van der Waals surface area contributed by atoms with E-state index in [9.17, 15) is 14.5 Å². The van der Waals surface area contributed by atoms with Crippen molar-refractivity contribution in [2.45, 2.75) is 26.4 Å². The van der Waals surface area contributed by atoms with E-state index in [4.69, 9.17) is 0 Å². The second-order valence-corrected chi connectivity index (χ2v) is 4.79. The summed E-state index contributed by atoms with van der Waals surface area (Å²) in [5.41, 5.74) is 1.16. The molecule has 1 aromatic carbocycles. The Morgan fingerprint density at radius 1 is 1.52 bits per heavy atom. The fraction of sp³-hybridized carbons (Fsp3) is 0.357. The van der Waals surface area contributed by atoms with Gasteiger partial charge in [-0.25, -0.2) is 0 Å². The summed E-state index contributed by atoms with van der Waals surface area (Å²) >= 11 is 0. The van der Waals surface area contributed by atoms with Crippen LogP contribution in [0.3, 0.4) is 0 Å². The Balaban J connectivity index is 2.12. The molecule has 7 heteroatoms. The van der Waals surface area contributed by atoms with Crippen molar-refractivity contribution in [3.63, 3.8) is 0 Å². The van der Waals surface area contributed by atoms with Crippen molar-refractivity contribution in [1.29, 1.82) is 0 Å². The summed E-state index contributed by atoms with van der Waals surface area (Å²) in [6, 6.07) is 4.08. The van der Waals surface area contributed by atoms with E-state index < -0.39 is 16.4 Å². The molecule has 21 heavy (non-hydrogen) atoms. The molecule has 0 aliphatic heterocycles. The average Bonchev–Trinajstić information content (AvgIpc) is 2.87. The number of aromatic nitrogens is 2. The molecule has 112 valence electrons. The van der Waals surface area contributed by atoms with E-state index >= 15 is 0 Å². The van der Waals surface area contributed by atoms with Crippen LogP contribution in [0.25, 0.3) is 0 Å². The van der Waals surface area contributed by atoms with Gasteiger partial charge in [0.25, 0.3) is 0 Å². The van der Waals surface area contributed by atoms with Gasteiger partial charge in [0.05, 0.1) is 17.7 Å². The maximum atomic E-state index is 13.6. The maximum Gasteiger partial charge on any atom is 0.304 e. The lowest BCUT2D eigenvalue weighted by atomic mass is 10.2. The number of nitro groups is 1. The molecule has 0 radical (unpaired) electrons. The smallest absolute Gasteiger partial charge is 0.304 e.